The number of amides is 2. The summed E-state index contributed by atoms with van der Waals surface area (Å²) in [5.41, 5.74) is 0.435. The van der Waals surface area contributed by atoms with Crippen molar-refractivity contribution in [3.05, 3.63) is 35.9 Å². The van der Waals surface area contributed by atoms with Crippen LogP contribution >= 0.6 is 0 Å². The van der Waals surface area contributed by atoms with Crippen molar-refractivity contribution in [1.29, 1.82) is 0 Å². The number of piperidine rings is 1. The number of benzene rings is 1. The predicted molar refractivity (Wildman–Crippen MR) is 121 cm³/mol. The number of likely N-dealkylation sites (tertiary alicyclic amines) is 1. The molecule has 2 amide bonds. The summed E-state index contributed by atoms with van der Waals surface area (Å²) in [5, 5.41) is 9.83. The molecule has 2 aliphatic heterocycles. The predicted octanol–water partition coefficient (Wildman–Crippen LogP) is 2.95. The molecule has 0 spiro atoms. The van der Waals surface area contributed by atoms with Gasteiger partial charge < -0.3 is 24.4 Å². The van der Waals surface area contributed by atoms with Crippen LogP contribution in [0.4, 0.5) is 9.59 Å². The number of carbonyl (C=O) groups excluding carboxylic acids is 2. The highest BCUT2D eigenvalue weighted by Crippen LogP contribution is 2.22. The number of hydrogen-bond acceptors (Lipinski definition) is 6. The molecule has 8 nitrogen and oxygen atoms in total. The van der Waals surface area contributed by atoms with E-state index in [9.17, 15) is 14.7 Å². The summed E-state index contributed by atoms with van der Waals surface area (Å²) >= 11 is 0. The first-order valence-corrected chi connectivity index (χ1v) is 11.5. The van der Waals surface area contributed by atoms with E-state index < -0.39 is 5.60 Å². The smallest absolute Gasteiger partial charge is 0.410 e. The minimum atomic E-state index is -0.551. The Hall–Kier alpha value is -2.32. The average molecular weight is 448 g/mol. The van der Waals surface area contributed by atoms with Crippen LogP contribution in [0.25, 0.3) is 0 Å². The van der Waals surface area contributed by atoms with Crippen LogP contribution in [0.1, 0.15) is 39.2 Å². The van der Waals surface area contributed by atoms with Gasteiger partial charge in [-0.05, 0) is 45.1 Å². The third-order valence-electron chi connectivity index (χ3n) is 6.00. The lowest BCUT2D eigenvalue weighted by molar-refractivity contribution is -0.0148. The zero-order valence-corrected chi connectivity index (χ0v) is 19.5. The van der Waals surface area contributed by atoms with E-state index >= 15 is 0 Å². The molecule has 8 heteroatoms. The molecule has 2 saturated heterocycles. The average Bonchev–Trinajstić information content (AvgIpc) is 2.77. The summed E-state index contributed by atoms with van der Waals surface area (Å²) in [6, 6.07) is 9.44. The fourth-order valence-corrected chi connectivity index (χ4v) is 4.28. The lowest BCUT2D eigenvalue weighted by Crippen LogP contribution is -2.58. The molecule has 2 heterocycles. The quantitative estimate of drug-likeness (QED) is 0.747. The van der Waals surface area contributed by atoms with Gasteiger partial charge in [-0.25, -0.2) is 9.59 Å². The normalized spacial score (nSPS) is 20.8. The summed E-state index contributed by atoms with van der Waals surface area (Å²) in [6.07, 6.45) is 1.24. The van der Waals surface area contributed by atoms with Gasteiger partial charge in [-0.3, -0.25) is 4.90 Å². The molecule has 1 N–H and O–H groups in total. The zero-order valence-electron chi connectivity index (χ0n) is 19.5. The molecule has 0 unspecified atom stereocenters. The monoisotopic (exact) mass is 447 g/mol. The van der Waals surface area contributed by atoms with Gasteiger partial charge in [0, 0.05) is 39.3 Å². The van der Waals surface area contributed by atoms with Crippen LogP contribution in [0.3, 0.4) is 0 Å². The molecule has 32 heavy (non-hydrogen) atoms. The minimum Gasteiger partial charge on any atom is -0.445 e. The molecule has 0 radical (unpaired) electrons. The number of piperazine rings is 1. The molecule has 1 aromatic rings. The van der Waals surface area contributed by atoms with Gasteiger partial charge in [-0.1, -0.05) is 30.3 Å². The topological polar surface area (TPSA) is 82.6 Å². The minimum absolute atomic E-state index is 0.0819. The Labute approximate surface area is 191 Å². The van der Waals surface area contributed by atoms with Crippen molar-refractivity contribution >= 4 is 12.2 Å². The Morgan fingerprint density at radius 1 is 1.03 bits per heavy atom. The molecule has 0 aromatic heterocycles. The molecule has 1 aromatic carbocycles. The van der Waals surface area contributed by atoms with Crippen molar-refractivity contribution < 1.29 is 24.2 Å². The van der Waals surface area contributed by atoms with Crippen LogP contribution < -0.4 is 0 Å². The van der Waals surface area contributed by atoms with Crippen molar-refractivity contribution in [3.8, 4) is 0 Å². The second kappa shape index (κ2) is 11.0. The maximum Gasteiger partial charge on any atom is 0.410 e. The maximum atomic E-state index is 12.4. The van der Waals surface area contributed by atoms with Gasteiger partial charge in [0.05, 0.1) is 12.6 Å². The molecule has 3 rings (SSSR count). The van der Waals surface area contributed by atoms with Gasteiger partial charge in [0.25, 0.3) is 0 Å². The fourth-order valence-electron chi connectivity index (χ4n) is 4.28. The molecule has 0 aliphatic carbocycles. The summed E-state index contributed by atoms with van der Waals surface area (Å²) in [7, 11) is 0. The van der Waals surface area contributed by atoms with Gasteiger partial charge in [-0.15, -0.1) is 0 Å². The highest BCUT2D eigenvalue weighted by atomic mass is 16.6. The molecule has 0 bridgehead atoms. The van der Waals surface area contributed by atoms with E-state index in [1.807, 2.05) is 51.1 Å². The third kappa shape index (κ3) is 7.10. The number of hydrogen-bond donors (Lipinski definition) is 1. The second-order valence-corrected chi connectivity index (χ2v) is 9.74. The first-order valence-electron chi connectivity index (χ1n) is 11.5. The van der Waals surface area contributed by atoms with Crippen molar-refractivity contribution in [3.63, 3.8) is 0 Å². The van der Waals surface area contributed by atoms with Gasteiger partial charge in [-0.2, -0.15) is 0 Å². The summed E-state index contributed by atoms with van der Waals surface area (Å²) in [5.74, 6) is 0.487. The molecule has 0 saturated carbocycles. The van der Waals surface area contributed by atoms with Crippen molar-refractivity contribution in [1.82, 2.24) is 14.7 Å². The van der Waals surface area contributed by atoms with Crippen molar-refractivity contribution in [2.45, 2.75) is 51.9 Å². The number of aliphatic hydroxyl groups is 1. The molecule has 2 aliphatic rings. The van der Waals surface area contributed by atoms with Gasteiger partial charge in [0.1, 0.15) is 12.2 Å². The van der Waals surface area contributed by atoms with Crippen LogP contribution in [0.15, 0.2) is 30.3 Å². The number of rotatable bonds is 5. The van der Waals surface area contributed by atoms with Crippen LogP contribution in [0.2, 0.25) is 0 Å². The van der Waals surface area contributed by atoms with E-state index in [-0.39, 0.29) is 24.8 Å². The van der Waals surface area contributed by atoms with Crippen molar-refractivity contribution in [2.24, 2.45) is 5.92 Å². The fraction of sp³-hybridized carbons (Fsp3) is 0.667. The van der Waals surface area contributed by atoms with E-state index in [2.05, 4.69) is 4.90 Å². The van der Waals surface area contributed by atoms with E-state index in [0.29, 0.717) is 38.7 Å². The standard InChI is InChI=1S/C24H37N3O5/c1-24(2,3)32-23(30)27-14-13-25(16-21(27)17-28)15-19-9-11-26(12-10-19)22(29)31-18-20-7-5-4-6-8-20/h4-8,19,21,28H,9-18H2,1-3H3/t21-/m0/s1. The van der Waals surface area contributed by atoms with E-state index in [4.69, 9.17) is 9.47 Å². The molecule has 1 atom stereocenters. The largest absolute Gasteiger partial charge is 0.445 e. The Morgan fingerprint density at radius 3 is 2.34 bits per heavy atom. The van der Waals surface area contributed by atoms with Gasteiger partial charge in [0.15, 0.2) is 0 Å². The molecule has 2 fully saturated rings. The van der Waals surface area contributed by atoms with Crippen LogP contribution in [0, 0.1) is 5.92 Å². The van der Waals surface area contributed by atoms with Crippen LogP contribution in [-0.4, -0.2) is 89.5 Å². The summed E-state index contributed by atoms with van der Waals surface area (Å²) in [4.78, 5) is 30.6. The zero-order chi connectivity index (χ0) is 23.1. The second-order valence-electron chi connectivity index (χ2n) is 9.74. The van der Waals surface area contributed by atoms with Crippen LogP contribution in [0.5, 0.6) is 0 Å². The molecule has 178 valence electrons. The molecular weight excluding hydrogens is 410 g/mol. The Bertz CT molecular complexity index is 744. The Kier molecular flexibility index (Phi) is 8.37. The van der Waals surface area contributed by atoms with Gasteiger partial charge >= 0.3 is 12.2 Å². The van der Waals surface area contributed by atoms with Crippen LogP contribution in [-0.2, 0) is 16.1 Å². The Balaban J connectivity index is 1.40. The number of aliphatic hydroxyl groups excluding tert-OH is 1. The van der Waals surface area contributed by atoms with Crippen molar-refractivity contribution in [2.75, 3.05) is 45.9 Å². The number of ether oxygens (including phenoxy) is 2. The number of carbonyl (C=O) groups is 2. The third-order valence-corrected chi connectivity index (χ3v) is 6.00. The summed E-state index contributed by atoms with van der Waals surface area (Å²) < 4.78 is 10.9. The highest BCUT2D eigenvalue weighted by Gasteiger charge is 2.34. The van der Waals surface area contributed by atoms with E-state index in [0.717, 1.165) is 31.5 Å². The first-order chi connectivity index (χ1) is 15.2. The van der Waals surface area contributed by atoms with Gasteiger partial charge in [0.2, 0.25) is 0 Å². The first kappa shape index (κ1) is 24.3. The highest BCUT2D eigenvalue weighted by molar-refractivity contribution is 5.69. The van der Waals surface area contributed by atoms with E-state index in [1.54, 1.807) is 9.80 Å². The lowest BCUT2D eigenvalue weighted by atomic mass is 9.96. The Morgan fingerprint density at radius 2 is 1.72 bits per heavy atom. The maximum absolute atomic E-state index is 12.4. The molecular formula is C24H37N3O5. The summed E-state index contributed by atoms with van der Waals surface area (Å²) in [6.45, 7) is 9.99. The lowest BCUT2D eigenvalue weighted by Gasteiger charge is -2.42. The number of nitrogens with zero attached hydrogens (tertiary/aromatic N) is 3. The van der Waals surface area contributed by atoms with E-state index in [1.165, 1.54) is 0 Å². The SMILES string of the molecule is CC(C)(C)OC(=O)N1CCN(CC2CCN(C(=O)OCc3ccccc3)CC2)C[C@H]1CO.